The van der Waals surface area contributed by atoms with Gasteiger partial charge in [-0.05, 0) is 19.9 Å². The number of nitrogens with one attached hydrogen (secondary N) is 1. The van der Waals surface area contributed by atoms with E-state index < -0.39 is 0 Å². The average molecular weight is 183 g/mol. The maximum absolute atomic E-state index is 13.1. The Kier molecular flexibility index (Phi) is 3.86. The van der Waals surface area contributed by atoms with Crippen molar-refractivity contribution < 1.29 is 9.23 Å². The predicted molar refractivity (Wildman–Crippen MR) is 49.6 cm³/mol. The van der Waals surface area contributed by atoms with Crippen LogP contribution >= 0.6 is 0 Å². The van der Waals surface area contributed by atoms with Gasteiger partial charge in [-0.2, -0.15) is 5.48 Å². The summed E-state index contributed by atoms with van der Waals surface area (Å²) in [5, 5.41) is 0. The quantitative estimate of drug-likeness (QED) is 0.570. The average Bonchev–Trinajstić information content (AvgIpc) is 2.11. The third-order valence-corrected chi connectivity index (χ3v) is 1.71. The third kappa shape index (κ3) is 3.13. The molecule has 0 unspecified atom stereocenters. The van der Waals surface area contributed by atoms with Gasteiger partial charge in [-0.1, -0.05) is 17.7 Å². The van der Waals surface area contributed by atoms with E-state index in [2.05, 4.69) is 5.48 Å². The van der Waals surface area contributed by atoms with Gasteiger partial charge < -0.3 is 4.84 Å². The molecule has 0 aliphatic rings. The molecular weight excluding hydrogens is 169 g/mol. The van der Waals surface area contributed by atoms with Gasteiger partial charge in [0.25, 0.3) is 0 Å². The van der Waals surface area contributed by atoms with Crippen LogP contribution in [0.15, 0.2) is 18.2 Å². The van der Waals surface area contributed by atoms with Crippen molar-refractivity contribution in [2.45, 2.75) is 20.4 Å². The van der Waals surface area contributed by atoms with Crippen molar-refractivity contribution in [1.82, 2.24) is 5.48 Å². The lowest BCUT2D eigenvalue weighted by Crippen LogP contribution is -2.14. The second-order valence-electron chi connectivity index (χ2n) is 2.85. The Morgan fingerprint density at radius 2 is 2.23 bits per heavy atom. The fraction of sp³-hybridized carbons (Fsp3) is 0.400. The maximum Gasteiger partial charge on any atom is 0.127 e. The Balaban J connectivity index is 2.59. The van der Waals surface area contributed by atoms with Crippen molar-refractivity contribution in [1.29, 1.82) is 0 Å². The van der Waals surface area contributed by atoms with E-state index in [1.807, 2.05) is 13.8 Å². The first-order valence-corrected chi connectivity index (χ1v) is 4.33. The highest BCUT2D eigenvalue weighted by Crippen LogP contribution is 2.09. The maximum atomic E-state index is 13.1. The molecule has 1 aromatic rings. The molecule has 0 heterocycles. The highest BCUT2D eigenvalue weighted by Gasteiger charge is 2.00. The van der Waals surface area contributed by atoms with Gasteiger partial charge in [0.05, 0.1) is 6.61 Å². The third-order valence-electron chi connectivity index (χ3n) is 1.71. The van der Waals surface area contributed by atoms with Crippen LogP contribution in [0, 0.1) is 12.7 Å². The number of halogens is 1. The first-order chi connectivity index (χ1) is 6.24. The molecule has 0 amide bonds. The summed E-state index contributed by atoms with van der Waals surface area (Å²) in [6.07, 6.45) is 0. The van der Waals surface area contributed by atoms with Crippen molar-refractivity contribution in [3.63, 3.8) is 0 Å². The molecule has 2 nitrogen and oxygen atoms in total. The van der Waals surface area contributed by atoms with Crippen LogP contribution in [-0.2, 0) is 11.4 Å². The van der Waals surface area contributed by atoms with Crippen molar-refractivity contribution in [3.05, 3.63) is 35.1 Å². The van der Waals surface area contributed by atoms with Gasteiger partial charge in [-0.15, -0.1) is 0 Å². The lowest BCUT2D eigenvalue weighted by atomic mass is 10.1. The number of hydrogen-bond donors (Lipinski definition) is 1. The van der Waals surface area contributed by atoms with Crippen molar-refractivity contribution in [3.8, 4) is 0 Å². The summed E-state index contributed by atoms with van der Waals surface area (Å²) in [4.78, 5) is 4.92. The molecule has 0 radical (unpaired) electrons. The molecule has 0 bridgehead atoms. The molecule has 0 aromatic heterocycles. The van der Waals surface area contributed by atoms with Gasteiger partial charge in [0.2, 0.25) is 0 Å². The van der Waals surface area contributed by atoms with Gasteiger partial charge in [0, 0.05) is 12.1 Å². The van der Waals surface area contributed by atoms with E-state index in [4.69, 9.17) is 4.84 Å². The normalized spacial score (nSPS) is 10.4. The molecule has 0 saturated heterocycles. The summed E-state index contributed by atoms with van der Waals surface area (Å²) in [6.45, 7) is 4.79. The van der Waals surface area contributed by atoms with Crippen LogP contribution in [0.1, 0.15) is 18.1 Å². The summed E-state index contributed by atoms with van der Waals surface area (Å²) < 4.78 is 13.1. The topological polar surface area (TPSA) is 21.3 Å². The zero-order valence-corrected chi connectivity index (χ0v) is 7.93. The van der Waals surface area contributed by atoms with Gasteiger partial charge in [0.1, 0.15) is 5.82 Å². The van der Waals surface area contributed by atoms with Crippen LogP contribution in [0.2, 0.25) is 0 Å². The van der Waals surface area contributed by atoms with Crippen molar-refractivity contribution >= 4 is 0 Å². The number of benzene rings is 1. The molecule has 1 rings (SSSR count). The SMILES string of the molecule is CCONCc1cc(C)ccc1F. The first kappa shape index (κ1) is 10.2. The largest absolute Gasteiger partial charge is 0.302 e. The summed E-state index contributed by atoms with van der Waals surface area (Å²) in [7, 11) is 0. The number of hydroxylamine groups is 1. The Bertz CT molecular complexity index is 276. The lowest BCUT2D eigenvalue weighted by molar-refractivity contribution is 0.0457. The molecule has 72 valence electrons. The van der Waals surface area contributed by atoms with E-state index >= 15 is 0 Å². The highest BCUT2D eigenvalue weighted by molar-refractivity contribution is 5.23. The Morgan fingerprint density at radius 3 is 2.92 bits per heavy atom. The van der Waals surface area contributed by atoms with Crippen LogP contribution in [0.3, 0.4) is 0 Å². The van der Waals surface area contributed by atoms with E-state index in [0.29, 0.717) is 18.7 Å². The zero-order chi connectivity index (χ0) is 9.68. The van der Waals surface area contributed by atoms with Crippen LogP contribution in [-0.4, -0.2) is 6.61 Å². The van der Waals surface area contributed by atoms with E-state index in [1.165, 1.54) is 6.07 Å². The first-order valence-electron chi connectivity index (χ1n) is 4.33. The molecule has 0 saturated carbocycles. The van der Waals surface area contributed by atoms with Gasteiger partial charge in [0.15, 0.2) is 0 Å². The lowest BCUT2D eigenvalue weighted by Gasteiger charge is -2.05. The molecule has 0 aliphatic carbocycles. The molecule has 1 aromatic carbocycles. The molecular formula is C10H14FNO. The monoisotopic (exact) mass is 183 g/mol. The van der Waals surface area contributed by atoms with Crippen molar-refractivity contribution in [2.24, 2.45) is 0 Å². The second-order valence-corrected chi connectivity index (χ2v) is 2.85. The van der Waals surface area contributed by atoms with E-state index in [-0.39, 0.29) is 5.82 Å². The fourth-order valence-electron chi connectivity index (χ4n) is 1.07. The minimum atomic E-state index is -0.196. The summed E-state index contributed by atoms with van der Waals surface area (Å²) in [5.41, 5.74) is 4.36. The summed E-state index contributed by atoms with van der Waals surface area (Å²) in [5.74, 6) is -0.196. The van der Waals surface area contributed by atoms with Crippen molar-refractivity contribution in [2.75, 3.05) is 6.61 Å². The van der Waals surface area contributed by atoms with E-state index in [0.717, 1.165) is 5.56 Å². The van der Waals surface area contributed by atoms with E-state index in [9.17, 15) is 4.39 Å². The molecule has 0 atom stereocenters. The smallest absolute Gasteiger partial charge is 0.127 e. The minimum absolute atomic E-state index is 0.196. The Hall–Kier alpha value is -0.930. The molecule has 1 N–H and O–H groups in total. The van der Waals surface area contributed by atoms with Gasteiger partial charge in [-0.3, -0.25) is 0 Å². The van der Waals surface area contributed by atoms with E-state index in [1.54, 1.807) is 12.1 Å². The van der Waals surface area contributed by atoms with Crippen LogP contribution in [0.4, 0.5) is 4.39 Å². The molecule has 0 fully saturated rings. The zero-order valence-electron chi connectivity index (χ0n) is 7.93. The second kappa shape index (κ2) is 4.94. The number of rotatable bonds is 4. The molecule has 0 aliphatic heterocycles. The summed E-state index contributed by atoms with van der Waals surface area (Å²) >= 11 is 0. The molecule has 3 heteroatoms. The van der Waals surface area contributed by atoms with Gasteiger partial charge in [-0.25, -0.2) is 4.39 Å². The number of hydrogen-bond acceptors (Lipinski definition) is 2. The molecule has 0 spiro atoms. The van der Waals surface area contributed by atoms with Crippen LogP contribution < -0.4 is 5.48 Å². The van der Waals surface area contributed by atoms with Crippen LogP contribution in [0.5, 0.6) is 0 Å². The Labute approximate surface area is 77.7 Å². The summed E-state index contributed by atoms with van der Waals surface area (Å²) in [6, 6.07) is 5.03. The number of aryl methyl sites for hydroxylation is 1. The van der Waals surface area contributed by atoms with Gasteiger partial charge >= 0.3 is 0 Å². The van der Waals surface area contributed by atoms with Crippen LogP contribution in [0.25, 0.3) is 0 Å². The minimum Gasteiger partial charge on any atom is -0.302 e. The highest BCUT2D eigenvalue weighted by atomic mass is 19.1. The Morgan fingerprint density at radius 1 is 1.46 bits per heavy atom. The standard InChI is InChI=1S/C10H14FNO/c1-3-13-12-7-9-6-8(2)4-5-10(9)11/h4-6,12H,3,7H2,1-2H3. The molecule has 13 heavy (non-hydrogen) atoms. The fourth-order valence-corrected chi connectivity index (χ4v) is 1.07. The predicted octanol–water partition coefficient (Wildman–Crippen LogP) is 2.18.